The van der Waals surface area contributed by atoms with Crippen LogP contribution in [0, 0.1) is 6.92 Å². The fraction of sp³-hybridized carbons (Fsp3) is 0.421. The molecule has 0 unspecified atom stereocenters. The van der Waals surface area contributed by atoms with Crippen LogP contribution in [0.5, 0.6) is 0 Å². The lowest BCUT2D eigenvalue weighted by molar-refractivity contribution is 0.0944. The Labute approximate surface area is 164 Å². The maximum atomic E-state index is 12.3. The fourth-order valence-electron chi connectivity index (χ4n) is 2.67. The van der Waals surface area contributed by atoms with Crippen molar-refractivity contribution >= 4 is 16.9 Å². The van der Waals surface area contributed by atoms with E-state index in [1.54, 1.807) is 0 Å². The van der Waals surface area contributed by atoms with Gasteiger partial charge in [0, 0.05) is 31.5 Å². The SMILES string of the molecule is CCN(CCNC(=O)c1cnc2cc(C)ccc2n1)C/C(N)=C/N(N)CCF. The molecule has 0 fully saturated rings. The standard InChI is InChI=1S/C19H28FN7O/c1-3-26(12-15(21)13-27(22)8-6-20)9-7-23-19(28)18-11-24-17-10-14(2)4-5-16(17)25-18/h4-5,10-11,13H,3,6-9,12,21-22H2,1-2H3,(H,23,28)/b15-13-. The van der Waals surface area contributed by atoms with E-state index in [9.17, 15) is 9.18 Å². The Morgan fingerprint density at radius 1 is 1.32 bits per heavy atom. The number of aromatic nitrogens is 2. The van der Waals surface area contributed by atoms with Crippen molar-refractivity contribution in [3.63, 3.8) is 0 Å². The number of hydrogen-bond acceptors (Lipinski definition) is 7. The number of aryl methyl sites for hydroxylation is 1. The van der Waals surface area contributed by atoms with Crippen molar-refractivity contribution in [2.45, 2.75) is 13.8 Å². The molecule has 0 aliphatic carbocycles. The van der Waals surface area contributed by atoms with E-state index >= 15 is 0 Å². The van der Waals surface area contributed by atoms with Crippen LogP contribution in [-0.2, 0) is 0 Å². The van der Waals surface area contributed by atoms with Gasteiger partial charge in [-0.2, -0.15) is 0 Å². The van der Waals surface area contributed by atoms with E-state index in [1.165, 1.54) is 17.4 Å². The second-order valence-corrected chi connectivity index (χ2v) is 6.50. The molecule has 0 atom stereocenters. The van der Waals surface area contributed by atoms with Crippen LogP contribution in [0.3, 0.4) is 0 Å². The highest BCUT2D eigenvalue weighted by molar-refractivity contribution is 5.93. The molecule has 8 nitrogen and oxygen atoms in total. The van der Waals surface area contributed by atoms with Crippen LogP contribution in [0.1, 0.15) is 23.0 Å². The molecule has 0 bridgehead atoms. The molecule has 28 heavy (non-hydrogen) atoms. The van der Waals surface area contributed by atoms with Crippen LogP contribution in [0.2, 0.25) is 0 Å². The number of likely N-dealkylation sites (N-methyl/N-ethyl adjacent to an activating group) is 1. The van der Waals surface area contributed by atoms with Gasteiger partial charge in [0.05, 0.1) is 23.8 Å². The first-order chi connectivity index (χ1) is 13.4. The van der Waals surface area contributed by atoms with E-state index in [-0.39, 0.29) is 18.1 Å². The van der Waals surface area contributed by atoms with E-state index in [4.69, 9.17) is 11.6 Å². The number of rotatable bonds is 10. The van der Waals surface area contributed by atoms with Crippen molar-refractivity contribution in [2.75, 3.05) is 39.4 Å². The van der Waals surface area contributed by atoms with Crippen molar-refractivity contribution in [1.29, 1.82) is 0 Å². The summed E-state index contributed by atoms with van der Waals surface area (Å²) >= 11 is 0. The Balaban J connectivity index is 1.87. The number of nitrogens with two attached hydrogens (primary N) is 2. The van der Waals surface area contributed by atoms with Gasteiger partial charge in [0.1, 0.15) is 12.4 Å². The first-order valence-corrected chi connectivity index (χ1v) is 9.20. The number of halogens is 1. The Morgan fingerprint density at radius 3 is 2.82 bits per heavy atom. The number of hydrazine groups is 1. The molecule has 1 aromatic heterocycles. The monoisotopic (exact) mass is 389 g/mol. The molecule has 1 heterocycles. The molecule has 0 saturated heterocycles. The van der Waals surface area contributed by atoms with E-state index in [0.29, 0.717) is 30.8 Å². The van der Waals surface area contributed by atoms with Crippen LogP contribution in [-0.4, -0.2) is 65.2 Å². The number of nitrogens with zero attached hydrogens (tertiary/aromatic N) is 4. The van der Waals surface area contributed by atoms with Gasteiger partial charge in [-0.25, -0.2) is 15.2 Å². The van der Waals surface area contributed by atoms with Crippen LogP contribution in [0.25, 0.3) is 11.0 Å². The largest absolute Gasteiger partial charge is 0.400 e. The van der Waals surface area contributed by atoms with E-state index in [1.807, 2.05) is 36.9 Å². The number of fused-ring (bicyclic) bond motifs is 1. The zero-order chi connectivity index (χ0) is 20.5. The molecule has 0 saturated carbocycles. The highest BCUT2D eigenvalue weighted by Gasteiger charge is 2.10. The summed E-state index contributed by atoms with van der Waals surface area (Å²) in [6, 6.07) is 5.72. The summed E-state index contributed by atoms with van der Waals surface area (Å²) < 4.78 is 12.3. The predicted octanol–water partition coefficient (Wildman–Crippen LogP) is 0.935. The lowest BCUT2D eigenvalue weighted by Gasteiger charge is -2.21. The van der Waals surface area contributed by atoms with Crippen LogP contribution in [0.15, 0.2) is 36.3 Å². The number of benzene rings is 1. The number of nitrogens with one attached hydrogen (secondary N) is 1. The van der Waals surface area contributed by atoms with Gasteiger partial charge < -0.3 is 16.1 Å². The molecule has 5 N–H and O–H groups in total. The summed E-state index contributed by atoms with van der Waals surface area (Å²) in [6.45, 7) is 5.78. The molecule has 9 heteroatoms. The number of carbonyl (C=O) groups is 1. The van der Waals surface area contributed by atoms with Crippen molar-refractivity contribution < 1.29 is 9.18 Å². The van der Waals surface area contributed by atoms with E-state index < -0.39 is 6.67 Å². The average molecular weight is 389 g/mol. The second kappa shape index (κ2) is 10.5. The molecular formula is C19H28FN7O. The molecule has 2 aromatic rings. The molecule has 0 aliphatic heterocycles. The smallest absolute Gasteiger partial charge is 0.271 e. The van der Waals surface area contributed by atoms with Gasteiger partial charge >= 0.3 is 0 Å². The topological polar surface area (TPSA) is 113 Å². The summed E-state index contributed by atoms with van der Waals surface area (Å²) in [6.07, 6.45) is 3.00. The van der Waals surface area contributed by atoms with Gasteiger partial charge in [0.25, 0.3) is 5.91 Å². The first kappa shape index (κ1) is 21.5. The van der Waals surface area contributed by atoms with Gasteiger partial charge in [0.2, 0.25) is 0 Å². The molecule has 0 aliphatic rings. The molecule has 0 radical (unpaired) electrons. The normalized spacial score (nSPS) is 11.8. The first-order valence-electron chi connectivity index (χ1n) is 9.20. The van der Waals surface area contributed by atoms with Crippen molar-refractivity contribution in [2.24, 2.45) is 11.6 Å². The Hall–Kier alpha value is -2.78. The molecule has 2 rings (SSSR count). The fourth-order valence-corrected chi connectivity index (χ4v) is 2.67. The van der Waals surface area contributed by atoms with Gasteiger partial charge in [-0.15, -0.1) is 0 Å². The Kier molecular flexibility index (Phi) is 8.09. The molecule has 152 valence electrons. The maximum Gasteiger partial charge on any atom is 0.271 e. The summed E-state index contributed by atoms with van der Waals surface area (Å²) in [5, 5.41) is 4.07. The Morgan fingerprint density at radius 2 is 2.11 bits per heavy atom. The number of alkyl halides is 1. The van der Waals surface area contributed by atoms with Crippen LogP contribution >= 0.6 is 0 Å². The average Bonchev–Trinajstić information content (AvgIpc) is 2.66. The number of amides is 1. The number of hydrogen-bond donors (Lipinski definition) is 3. The van der Waals surface area contributed by atoms with Crippen molar-refractivity contribution in [3.8, 4) is 0 Å². The minimum Gasteiger partial charge on any atom is -0.400 e. The van der Waals surface area contributed by atoms with Gasteiger partial charge in [0.15, 0.2) is 0 Å². The predicted molar refractivity (Wildman–Crippen MR) is 108 cm³/mol. The minimum atomic E-state index is -0.541. The van der Waals surface area contributed by atoms with Crippen molar-refractivity contribution in [1.82, 2.24) is 25.2 Å². The second-order valence-electron chi connectivity index (χ2n) is 6.50. The maximum absolute atomic E-state index is 12.3. The zero-order valence-corrected chi connectivity index (χ0v) is 16.4. The van der Waals surface area contributed by atoms with E-state index in [2.05, 4.69) is 15.3 Å². The molecular weight excluding hydrogens is 361 g/mol. The lowest BCUT2D eigenvalue weighted by atomic mass is 10.2. The quantitative estimate of drug-likeness (QED) is 0.409. The number of carbonyl (C=O) groups excluding carboxylic acids is 1. The van der Waals surface area contributed by atoms with Crippen LogP contribution in [0.4, 0.5) is 4.39 Å². The highest BCUT2D eigenvalue weighted by Crippen LogP contribution is 2.11. The van der Waals surface area contributed by atoms with Gasteiger partial charge in [-0.3, -0.25) is 14.7 Å². The molecule has 0 spiro atoms. The lowest BCUT2D eigenvalue weighted by Crippen LogP contribution is -2.38. The zero-order valence-electron chi connectivity index (χ0n) is 16.4. The summed E-state index contributed by atoms with van der Waals surface area (Å²) in [5.41, 5.74) is 9.29. The highest BCUT2D eigenvalue weighted by atomic mass is 19.1. The third-order valence-corrected chi connectivity index (χ3v) is 4.17. The summed E-state index contributed by atoms with van der Waals surface area (Å²) in [5.74, 6) is 5.33. The van der Waals surface area contributed by atoms with Crippen LogP contribution < -0.4 is 16.9 Å². The van der Waals surface area contributed by atoms with Gasteiger partial charge in [-0.1, -0.05) is 13.0 Å². The van der Waals surface area contributed by atoms with Gasteiger partial charge in [-0.05, 0) is 31.2 Å². The van der Waals surface area contributed by atoms with E-state index in [0.717, 1.165) is 17.6 Å². The minimum absolute atomic E-state index is 0.0925. The molecule has 1 aromatic carbocycles. The summed E-state index contributed by atoms with van der Waals surface area (Å²) in [4.78, 5) is 23.1. The third kappa shape index (κ3) is 6.43. The van der Waals surface area contributed by atoms with Crippen molar-refractivity contribution in [3.05, 3.63) is 47.6 Å². The molecule has 1 amide bonds. The summed E-state index contributed by atoms with van der Waals surface area (Å²) in [7, 11) is 0. The third-order valence-electron chi connectivity index (χ3n) is 4.17. The Bertz CT molecular complexity index is 827.